The van der Waals surface area contributed by atoms with E-state index in [-0.39, 0.29) is 12.5 Å². The van der Waals surface area contributed by atoms with Gasteiger partial charge in [-0.1, -0.05) is 18.2 Å². The number of nitrogens with zero attached hydrogens (tertiary/aromatic N) is 2. The van der Waals surface area contributed by atoms with Crippen LogP contribution in [0.1, 0.15) is 18.9 Å². The van der Waals surface area contributed by atoms with E-state index in [0.29, 0.717) is 17.3 Å². The highest BCUT2D eigenvalue weighted by molar-refractivity contribution is 5.92. The average molecular weight is 325 g/mol. The van der Waals surface area contributed by atoms with Crippen LogP contribution >= 0.6 is 0 Å². The highest BCUT2D eigenvalue weighted by atomic mass is 16.5. The maximum atomic E-state index is 12.4. The van der Waals surface area contributed by atoms with E-state index >= 15 is 0 Å². The first-order valence-corrected chi connectivity index (χ1v) is 7.65. The maximum absolute atomic E-state index is 12.4. The summed E-state index contributed by atoms with van der Waals surface area (Å²) < 4.78 is 6.88. The van der Waals surface area contributed by atoms with Crippen molar-refractivity contribution in [2.24, 2.45) is 0 Å². The van der Waals surface area contributed by atoms with Crippen molar-refractivity contribution in [2.75, 3.05) is 12.4 Å². The van der Waals surface area contributed by atoms with Crippen LogP contribution in [-0.2, 0) is 11.3 Å². The Labute approximate surface area is 139 Å². The van der Waals surface area contributed by atoms with Crippen molar-refractivity contribution in [2.45, 2.75) is 19.6 Å². The van der Waals surface area contributed by atoms with Crippen LogP contribution in [0.25, 0.3) is 11.0 Å². The number of carbonyl (C=O) groups excluding carboxylic acids is 1. The van der Waals surface area contributed by atoms with Crippen LogP contribution < -0.4 is 10.1 Å². The zero-order valence-electron chi connectivity index (χ0n) is 13.6. The van der Waals surface area contributed by atoms with E-state index in [1.54, 1.807) is 30.7 Å². The number of rotatable bonds is 5. The molecule has 2 aromatic carbocycles. The minimum atomic E-state index is -0.762. The Bertz CT molecular complexity index is 871. The number of anilines is 1. The zero-order chi connectivity index (χ0) is 17.1. The Morgan fingerprint density at radius 2 is 2.08 bits per heavy atom. The monoisotopic (exact) mass is 325 g/mol. The topological polar surface area (TPSA) is 76.4 Å². The summed E-state index contributed by atoms with van der Waals surface area (Å²) in [5, 5.41) is 12.8. The van der Waals surface area contributed by atoms with Crippen LogP contribution in [-0.4, -0.2) is 27.7 Å². The van der Waals surface area contributed by atoms with Gasteiger partial charge in [-0.3, -0.25) is 4.79 Å². The predicted octanol–water partition coefficient (Wildman–Crippen LogP) is 2.74. The zero-order valence-corrected chi connectivity index (χ0v) is 13.6. The molecular formula is C18H19N3O3. The van der Waals surface area contributed by atoms with E-state index in [4.69, 9.17) is 4.74 Å². The molecule has 0 aliphatic rings. The Hall–Kier alpha value is -2.86. The summed E-state index contributed by atoms with van der Waals surface area (Å²) in [7, 11) is 1.58. The number of benzene rings is 2. The van der Waals surface area contributed by atoms with Crippen molar-refractivity contribution >= 4 is 22.6 Å². The van der Waals surface area contributed by atoms with Gasteiger partial charge >= 0.3 is 0 Å². The van der Waals surface area contributed by atoms with Crippen LogP contribution in [0, 0.1) is 0 Å². The lowest BCUT2D eigenvalue weighted by molar-refractivity contribution is -0.116. The van der Waals surface area contributed by atoms with Gasteiger partial charge in [-0.2, -0.15) is 0 Å². The first-order valence-electron chi connectivity index (χ1n) is 7.65. The number of methoxy groups -OCH3 is 1. The third kappa shape index (κ3) is 3.23. The molecule has 6 heteroatoms. The molecule has 1 atom stereocenters. The summed E-state index contributed by atoms with van der Waals surface area (Å²) in [4.78, 5) is 16.8. The van der Waals surface area contributed by atoms with Crippen LogP contribution in [0.2, 0.25) is 0 Å². The number of hydrogen-bond acceptors (Lipinski definition) is 4. The van der Waals surface area contributed by atoms with Gasteiger partial charge in [0.1, 0.15) is 24.2 Å². The molecule has 3 rings (SSSR count). The molecule has 0 saturated carbocycles. The first-order chi connectivity index (χ1) is 11.6. The van der Waals surface area contributed by atoms with Gasteiger partial charge in [0.15, 0.2) is 0 Å². The SMILES string of the molecule is COc1cccc(NC(=O)Cn2c(C(C)O)nc3ccccc32)c1. The van der Waals surface area contributed by atoms with Gasteiger partial charge in [-0.05, 0) is 31.2 Å². The van der Waals surface area contributed by atoms with Gasteiger partial charge in [0.05, 0.1) is 18.1 Å². The Morgan fingerprint density at radius 1 is 1.29 bits per heavy atom. The number of nitrogens with one attached hydrogen (secondary N) is 1. The van der Waals surface area contributed by atoms with E-state index in [0.717, 1.165) is 11.0 Å². The predicted molar refractivity (Wildman–Crippen MR) is 92.0 cm³/mol. The fourth-order valence-electron chi connectivity index (χ4n) is 2.62. The van der Waals surface area contributed by atoms with E-state index in [9.17, 15) is 9.90 Å². The summed E-state index contributed by atoms with van der Waals surface area (Å²) in [5.41, 5.74) is 2.22. The Morgan fingerprint density at radius 3 is 2.83 bits per heavy atom. The molecule has 1 heterocycles. The number of hydrogen-bond donors (Lipinski definition) is 2. The second kappa shape index (κ2) is 6.72. The number of imidazole rings is 1. The van der Waals surface area contributed by atoms with E-state index in [1.165, 1.54) is 0 Å². The normalized spacial score (nSPS) is 12.1. The fourth-order valence-corrected chi connectivity index (χ4v) is 2.62. The van der Waals surface area contributed by atoms with Gasteiger partial charge in [0.25, 0.3) is 0 Å². The van der Waals surface area contributed by atoms with E-state index in [1.807, 2.05) is 36.4 Å². The third-order valence-electron chi connectivity index (χ3n) is 3.71. The lowest BCUT2D eigenvalue weighted by Crippen LogP contribution is -2.20. The quantitative estimate of drug-likeness (QED) is 0.756. The summed E-state index contributed by atoms with van der Waals surface area (Å²) in [5.74, 6) is 0.941. The molecule has 6 nitrogen and oxygen atoms in total. The van der Waals surface area contributed by atoms with Gasteiger partial charge in [0, 0.05) is 11.8 Å². The lowest BCUT2D eigenvalue weighted by atomic mass is 10.3. The molecule has 0 aliphatic carbocycles. The van der Waals surface area contributed by atoms with Crippen molar-refractivity contribution in [3.05, 3.63) is 54.4 Å². The lowest BCUT2D eigenvalue weighted by Gasteiger charge is -2.12. The van der Waals surface area contributed by atoms with Crippen LogP contribution in [0.5, 0.6) is 5.75 Å². The number of para-hydroxylation sites is 2. The highest BCUT2D eigenvalue weighted by Gasteiger charge is 2.17. The Kier molecular flexibility index (Phi) is 4.48. The molecule has 0 bridgehead atoms. The van der Waals surface area contributed by atoms with Gasteiger partial charge < -0.3 is 19.7 Å². The molecule has 1 unspecified atom stereocenters. The second-order valence-corrected chi connectivity index (χ2v) is 5.50. The number of aliphatic hydroxyl groups is 1. The second-order valence-electron chi connectivity index (χ2n) is 5.50. The van der Waals surface area contributed by atoms with E-state index < -0.39 is 6.10 Å². The molecule has 0 fully saturated rings. The van der Waals surface area contributed by atoms with Crippen molar-refractivity contribution < 1.29 is 14.6 Å². The van der Waals surface area contributed by atoms with Crippen molar-refractivity contribution in [1.82, 2.24) is 9.55 Å². The van der Waals surface area contributed by atoms with Crippen LogP contribution in [0.15, 0.2) is 48.5 Å². The number of ether oxygens (including phenoxy) is 1. The molecule has 0 radical (unpaired) electrons. The average Bonchev–Trinajstić information content (AvgIpc) is 2.94. The molecule has 0 saturated heterocycles. The fraction of sp³-hybridized carbons (Fsp3) is 0.222. The van der Waals surface area contributed by atoms with Gasteiger partial charge in [-0.15, -0.1) is 0 Å². The largest absolute Gasteiger partial charge is 0.497 e. The van der Waals surface area contributed by atoms with E-state index in [2.05, 4.69) is 10.3 Å². The van der Waals surface area contributed by atoms with Crippen molar-refractivity contribution in [3.8, 4) is 5.75 Å². The minimum absolute atomic E-state index is 0.0674. The molecule has 2 N–H and O–H groups in total. The maximum Gasteiger partial charge on any atom is 0.244 e. The molecule has 3 aromatic rings. The number of fused-ring (bicyclic) bond motifs is 1. The molecule has 24 heavy (non-hydrogen) atoms. The number of amides is 1. The summed E-state index contributed by atoms with van der Waals surface area (Å²) in [6.45, 7) is 1.70. The third-order valence-corrected chi connectivity index (χ3v) is 3.71. The Balaban J connectivity index is 1.86. The number of aliphatic hydroxyl groups excluding tert-OH is 1. The standard InChI is InChI=1S/C18H19N3O3/c1-12(22)18-20-15-8-3-4-9-16(15)21(18)11-17(23)19-13-6-5-7-14(10-13)24-2/h3-10,12,22H,11H2,1-2H3,(H,19,23). The molecule has 1 amide bonds. The van der Waals surface area contributed by atoms with Crippen molar-refractivity contribution in [1.29, 1.82) is 0 Å². The number of aromatic nitrogens is 2. The molecular weight excluding hydrogens is 306 g/mol. The summed E-state index contributed by atoms with van der Waals surface area (Å²) in [6, 6.07) is 14.7. The van der Waals surface area contributed by atoms with Crippen LogP contribution in [0.3, 0.4) is 0 Å². The minimum Gasteiger partial charge on any atom is -0.497 e. The molecule has 1 aromatic heterocycles. The van der Waals surface area contributed by atoms with Crippen LogP contribution in [0.4, 0.5) is 5.69 Å². The van der Waals surface area contributed by atoms with Crippen molar-refractivity contribution in [3.63, 3.8) is 0 Å². The molecule has 0 aliphatic heterocycles. The van der Waals surface area contributed by atoms with Gasteiger partial charge in [0.2, 0.25) is 5.91 Å². The summed E-state index contributed by atoms with van der Waals surface area (Å²) >= 11 is 0. The smallest absolute Gasteiger partial charge is 0.244 e. The first kappa shape index (κ1) is 16.0. The molecule has 0 spiro atoms. The summed E-state index contributed by atoms with van der Waals surface area (Å²) in [6.07, 6.45) is -0.762. The highest BCUT2D eigenvalue weighted by Crippen LogP contribution is 2.21. The molecule has 124 valence electrons. The number of carbonyl (C=O) groups is 1. The van der Waals surface area contributed by atoms with Gasteiger partial charge in [-0.25, -0.2) is 4.98 Å².